The molecule has 0 aliphatic carbocycles. The van der Waals surface area contributed by atoms with Crippen LogP contribution in [-0.2, 0) is 14.2 Å². The minimum atomic E-state index is -0.948. The van der Waals surface area contributed by atoms with Crippen molar-refractivity contribution in [1.82, 2.24) is 0 Å². The van der Waals surface area contributed by atoms with E-state index in [-0.39, 0.29) is 5.56 Å². The molecule has 1 rings (SSSR count). The van der Waals surface area contributed by atoms with Crippen molar-refractivity contribution < 1.29 is 28.8 Å². The van der Waals surface area contributed by atoms with Crippen LogP contribution in [0.15, 0.2) is 24.3 Å². The first-order valence-corrected chi connectivity index (χ1v) is 7.93. The zero-order valence-corrected chi connectivity index (χ0v) is 13.7. The van der Waals surface area contributed by atoms with Crippen LogP contribution in [0.25, 0.3) is 0 Å². The molecule has 23 heavy (non-hydrogen) atoms. The van der Waals surface area contributed by atoms with Crippen LogP contribution in [0, 0.1) is 0 Å². The molecule has 1 aromatic rings. The van der Waals surface area contributed by atoms with Crippen molar-refractivity contribution in [2.24, 2.45) is 0 Å². The predicted molar refractivity (Wildman–Crippen MR) is 86.3 cm³/mol. The smallest absolute Gasteiger partial charge is 0.335 e. The summed E-state index contributed by atoms with van der Waals surface area (Å²) in [5.41, 5.74) is 0.240. The van der Waals surface area contributed by atoms with Gasteiger partial charge in [-0.15, -0.1) is 0 Å². The Hall–Kier alpha value is -1.63. The van der Waals surface area contributed by atoms with Gasteiger partial charge in [-0.25, -0.2) is 4.79 Å². The van der Waals surface area contributed by atoms with E-state index in [9.17, 15) is 4.79 Å². The number of rotatable bonds is 14. The molecule has 0 aliphatic rings. The summed E-state index contributed by atoms with van der Waals surface area (Å²) in [5.74, 6) is -0.324. The van der Waals surface area contributed by atoms with Gasteiger partial charge in [-0.1, -0.05) is 13.3 Å². The third-order valence-corrected chi connectivity index (χ3v) is 2.98. The van der Waals surface area contributed by atoms with Gasteiger partial charge in [0.25, 0.3) is 0 Å². The van der Waals surface area contributed by atoms with Crippen LogP contribution in [0.2, 0.25) is 0 Å². The Morgan fingerprint density at radius 2 is 1.39 bits per heavy atom. The van der Waals surface area contributed by atoms with Crippen molar-refractivity contribution in [2.75, 3.05) is 46.2 Å². The van der Waals surface area contributed by atoms with Crippen LogP contribution >= 0.6 is 0 Å². The van der Waals surface area contributed by atoms with E-state index in [1.165, 1.54) is 12.1 Å². The highest BCUT2D eigenvalue weighted by molar-refractivity contribution is 5.87. The summed E-state index contributed by atoms with van der Waals surface area (Å²) in [6, 6.07) is 6.28. The zero-order valence-electron chi connectivity index (χ0n) is 13.7. The molecule has 0 saturated carbocycles. The molecule has 0 unspecified atom stereocenters. The Morgan fingerprint density at radius 1 is 0.870 bits per heavy atom. The van der Waals surface area contributed by atoms with Crippen molar-refractivity contribution in [1.29, 1.82) is 0 Å². The first-order valence-electron chi connectivity index (χ1n) is 7.93. The van der Waals surface area contributed by atoms with E-state index in [0.29, 0.717) is 45.4 Å². The second kappa shape index (κ2) is 12.9. The monoisotopic (exact) mass is 326 g/mol. The molecular weight excluding hydrogens is 300 g/mol. The summed E-state index contributed by atoms with van der Waals surface area (Å²) >= 11 is 0. The Kier molecular flexibility index (Phi) is 10.9. The van der Waals surface area contributed by atoms with E-state index in [2.05, 4.69) is 6.92 Å². The minimum Gasteiger partial charge on any atom is -0.491 e. The molecule has 0 aliphatic heterocycles. The average molecular weight is 326 g/mol. The summed E-state index contributed by atoms with van der Waals surface area (Å²) in [4.78, 5) is 10.7. The normalized spacial score (nSPS) is 10.7. The van der Waals surface area contributed by atoms with Gasteiger partial charge in [0.05, 0.1) is 38.6 Å². The highest BCUT2D eigenvalue weighted by atomic mass is 16.6. The molecule has 0 radical (unpaired) electrons. The fraction of sp³-hybridized carbons (Fsp3) is 0.588. The summed E-state index contributed by atoms with van der Waals surface area (Å²) in [7, 11) is 0. The van der Waals surface area contributed by atoms with Gasteiger partial charge in [0.2, 0.25) is 0 Å². The number of carboxylic acids is 1. The van der Waals surface area contributed by atoms with Crippen molar-refractivity contribution in [2.45, 2.75) is 19.8 Å². The van der Waals surface area contributed by atoms with Crippen molar-refractivity contribution >= 4 is 5.97 Å². The standard InChI is InChI=1S/C17H26O6/c1-2-3-8-20-9-10-21-11-12-22-13-14-23-16-6-4-15(5-7-16)17(18)19/h4-7H,2-3,8-14H2,1H3,(H,18,19). The van der Waals surface area contributed by atoms with Crippen molar-refractivity contribution in [3.63, 3.8) is 0 Å². The first kappa shape index (κ1) is 19.4. The van der Waals surface area contributed by atoms with Gasteiger partial charge in [-0.2, -0.15) is 0 Å². The lowest BCUT2D eigenvalue weighted by Crippen LogP contribution is -2.13. The fourth-order valence-electron chi connectivity index (χ4n) is 1.70. The molecule has 6 nitrogen and oxygen atoms in total. The van der Waals surface area contributed by atoms with Gasteiger partial charge < -0.3 is 24.1 Å². The lowest BCUT2D eigenvalue weighted by molar-refractivity contribution is 0.00895. The number of carboxylic acid groups (broad SMARTS) is 1. The Morgan fingerprint density at radius 3 is 1.91 bits per heavy atom. The molecule has 0 heterocycles. The summed E-state index contributed by atoms with van der Waals surface area (Å²) < 4.78 is 21.6. The SMILES string of the molecule is CCCCOCCOCCOCCOc1ccc(C(=O)O)cc1. The number of ether oxygens (including phenoxy) is 4. The molecule has 0 spiro atoms. The molecule has 0 saturated heterocycles. The first-order chi connectivity index (χ1) is 11.2. The Bertz CT molecular complexity index is 418. The number of hydrogen-bond acceptors (Lipinski definition) is 5. The van der Waals surface area contributed by atoms with Crippen LogP contribution in [0.1, 0.15) is 30.1 Å². The maximum Gasteiger partial charge on any atom is 0.335 e. The van der Waals surface area contributed by atoms with Gasteiger partial charge >= 0.3 is 5.97 Å². The molecule has 130 valence electrons. The van der Waals surface area contributed by atoms with Crippen molar-refractivity contribution in [3.05, 3.63) is 29.8 Å². The van der Waals surface area contributed by atoms with E-state index in [4.69, 9.17) is 24.1 Å². The van der Waals surface area contributed by atoms with Crippen LogP contribution < -0.4 is 4.74 Å². The quantitative estimate of drug-likeness (QED) is 0.530. The summed E-state index contributed by atoms with van der Waals surface area (Å²) in [6.07, 6.45) is 2.22. The second-order valence-corrected chi connectivity index (χ2v) is 4.87. The molecule has 0 bridgehead atoms. The van der Waals surface area contributed by atoms with E-state index in [1.54, 1.807) is 12.1 Å². The number of carbonyl (C=O) groups is 1. The minimum absolute atomic E-state index is 0.240. The fourth-order valence-corrected chi connectivity index (χ4v) is 1.70. The van der Waals surface area contributed by atoms with E-state index in [0.717, 1.165) is 19.4 Å². The van der Waals surface area contributed by atoms with Crippen molar-refractivity contribution in [3.8, 4) is 5.75 Å². The van der Waals surface area contributed by atoms with Crippen LogP contribution in [0.3, 0.4) is 0 Å². The number of unbranched alkanes of at least 4 members (excludes halogenated alkanes) is 1. The third-order valence-electron chi connectivity index (χ3n) is 2.98. The van der Waals surface area contributed by atoms with E-state index < -0.39 is 5.97 Å². The molecule has 1 N–H and O–H groups in total. The third kappa shape index (κ3) is 9.89. The molecule has 0 amide bonds. The Balaban J connectivity index is 1.90. The van der Waals surface area contributed by atoms with Gasteiger partial charge in [0.1, 0.15) is 12.4 Å². The maximum absolute atomic E-state index is 10.7. The molecule has 0 atom stereocenters. The topological polar surface area (TPSA) is 74.2 Å². The molecule has 6 heteroatoms. The Labute approximate surface area is 137 Å². The summed E-state index contributed by atoms with van der Waals surface area (Å²) in [6.45, 7) is 6.03. The average Bonchev–Trinajstić information content (AvgIpc) is 2.56. The number of benzene rings is 1. The van der Waals surface area contributed by atoms with Crippen LogP contribution in [0.5, 0.6) is 5.75 Å². The molecule has 0 aromatic heterocycles. The molecular formula is C17H26O6. The second-order valence-electron chi connectivity index (χ2n) is 4.87. The van der Waals surface area contributed by atoms with E-state index >= 15 is 0 Å². The van der Waals surface area contributed by atoms with Crippen LogP contribution in [0.4, 0.5) is 0 Å². The van der Waals surface area contributed by atoms with Gasteiger partial charge in [0, 0.05) is 6.61 Å². The largest absolute Gasteiger partial charge is 0.491 e. The van der Waals surface area contributed by atoms with Gasteiger partial charge in [0.15, 0.2) is 0 Å². The zero-order chi connectivity index (χ0) is 16.8. The van der Waals surface area contributed by atoms with Gasteiger partial charge in [-0.3, -0.25) is 0 Å². The lowest BCUT2D eigenvalue weighted by Gasteiger charge is -2.08. The van der Waals surface area contributed by atoms with Gasteiger partial charge in [-0.05, 0) is 30.7 Å². The molecule has 1 aromatic carbocycles. The predicted octanol–water partition coefficient (Wildman–Crippen LogP) is 2.61. The highest BCUT2D eigenvalue weighted by Gasteiger charge is 2.01. The maximum atomic E-state index is 10.7. The summed E-state index contributed by atoms with van der Waals surface area (Å²) in [5, 5.41) is 8.78. The van der Waals surface area contributed by atoms with Crippen LogP contribution in [-0.4, -0.2) is 57.3 Å². The highest BCUT2D eigenvalue weighted by Crippen LogP contribution is 2.11. The number of hydrogen-bond donors (Lipinski definition) is 1. The van der Waals surface area contributed by atoms with E-state index in [1.807, 2.05) is 0 Å². The number of aromatic carboxylic acids is 1. The molecule has 0 fully saturated rings. The lowest BCUT2D eigenvalue weighted by atomic mass is 10.2.